The van der Waals surface area contributed by atoms with Gasteiger partial charge < -0.3 is 20.8 Å². The van der Waals surface area contributed by atoms with Gasteiger partial charge in [-0.15, -0.1) is 0 Å². The zero-order chi connectivity index (χ0) is 31.3. The molecular formula is C34H63N5OS. The molecule has 0 aliphatic carbocycles. The predicted octanol–water partition coefficient (Wildman–Crippen LogP) is 9.07. The highest BCUT2D eigenvalue weighted by Gasteiger charge is 2.21. The monoisotopic (exact) mass is 589 g/mol. The molecule has 41 heavy (non-hydrogen) atoms. The summed E-state index contributed by atoms with van der Waals surface area (Å²) in [4.78, 5) is 4.64. The highest BCUT2D eigenvalue weighted by atomic mass is 32.1. The van der Waals surface area contributed by atoms with Gasteiger partial charge in [0.15, 0.2) is 17.8 Å². The highest BCUT2D eigenvalue weighted by molar-refractivity contribution is 7.79. The number of rotatable bonds is 17. The van der Waals surface area contributed by atoms with Crippen molar-refractivity contribution in [3.63, 3.8) is 0 Å². The Morgan fingerprint density at radius 3 is 2.51 bits per heavy atom. The van der Waals surface area contributed by atoms with E-state index in [-0.39, 0.29) is 6.23 Å². The second-order valence-electron chi connectivity index (χ2n) is 9.26. The molecule has 2 unspecified atom stereocenters. The molecule has 2 heterocycles. The summed E-state index contributed by atoms with van der Waals surface area (Å²) in [6.07, 6.45) is 22.2. The number of aromatic nitrogens is 1. The Morgan fingerprint density at radius 2 is 1.88 bits per heavy atom. The van der Waals surface area contributed by atoms with Gasteiger partial charge in [0, 0.05) is 25.0 Å². The third-order valence-corrected chi connectivity index (χ3v) is 6.27. The van der Waals surface area contributed by atoms with Gasteiger partial charge in [0.25, 0.3) is 0 Å². The van der Waals surface area contributed by atoms with Gasteiger partial charge in [-0.3, -0.25) is 5.32 Å². The minimum absolute atomic E-state index is 0.0534. The SMILES string of the molecule is CC.CC.CCCCCNC(CC)CCNC1CNc2ncc(/C(=C/C/C=C\C(C)=C\C=N)CCC)cc2O1.CS. The van der Waals surface area contributed by atoms with Crippen molar-refractivity contribution in [2.24, 2.45) is 0 Å². The topological polar surface area (TPSA) is 82.1 Å². The molecule has 0 fully saturated rings. The number of hydrogen-bond donors (Lipinski definition) is 5. The first kappa shape index (κ1) is 41.0. The Bertz CT molecular complexity index is 854. The highest BCUT2D eigenvalue weighted by Crippen LogP contribution is 2.31. The molecule has 0 spiro atoms. The second kappa shape index (κ2) is 29.4. The Hall–Kier alpha value is -2.09. The number of anilines is 1. The van der Waals surface area contributed by atoms with Gasteiger partial charge in [0.2, 0.25) is 0 Å². The van der Waals surface area contributed by atoms with E-state index in [4.69, 9.17) is 10.1 Å². The molecule has 0 radical (unpaired) electrons. The molecule has 1 aromatic rings. The van der Waals surface area contributed by atoms with Crippen molar-refractivity contribution in [3.8, 4) is 5.75 Å². The molecule has 2 rings (SSSR count). The third kappa shape index (κ3) is 18.9. The Kier molecular flexibility index (Phi) is 29.4. The van der Waals surface area contributed by atoms with Crippen LogP contribution in [-0.4, -0.2) is 49.4 Å². The lowest BCUT2D eigenvalue weighted by Gasteiger charge is -2.28. The number of hydrogen-bond acceptors (Lipinski definition) is 7. The summed E-state index contributed by atoms with van der Waals surface area (Å²) in [5.74, 6) is 1.64. The van der Waals surface area contributed by atoms with Crippen LogP contribution in [-0.2, 0) is 0 Å². The van der Waals surface area contributed by atoms with Crippen LogP contribution in [0.5, 0.6) is 5.75 Å². The van der Waals surface area contributed by atoms with E-state index >= 15 is 0 Å². The summed E-state index contributed by atoms with van der Waals surface area (Å²) in [5, 5.41) is 17.8. The Labute approximate surface area is 259 Å². The predicted molar refractivity (Wildman–Crippen MR) is 188 cm³/mol. The van der Waals surface area contributed by atoms with Crippen molar-refractivity contribution in [1.82, 2.24) is 15.6 Å². The lowest BCUT2D eigenvalue weighted by atomic mass is 10.0. The third-order valence-electron chi connectivity index (χ3n) is 6.27. The molecule has 0 saturated carbocycles. The fourth-order valence-electron chi connectivity index (χ4n) is 4.18. The van der Waals surface area contributed by atoms with E-state index in [2.05, 4.69) is 78.6 Å². The second-order valence-corrected chi connectivity index (χ2v) is 9.26. The summed E-state index contributed by atoms with van der Waals surface area (Å²) in [7, 11) is 0. The lowest BCUT2D eigenvalue weighted by molar-refractivity contribution is 0.165. The number of nitrogens with zero attached hydrogens (tertiary/aromatic N) is 1. The Morgan fingerprint density at radius 1 is 1.15 bits per heavy atom. The summed E-state index contributed by atoms with van der Waals surface area (Å²) in [6.45, 7) is 19.5. The first-order valence-corrected chi connectivity index (χ1v) is 16.9. The van der Waals surface area contributed by atoms with Gasteiger partial charge in [-0.2, -0.15) is 12.6 Å². The number of allylic oxidation sites excluding steroid dienone is 6. The van der Waals surface area contributed by atoms with Crippen molar-refractivity contribution in [2.45, 2.75) is 119 Å². The number of pyridine rings is 1. The molecule has 1 aliphatic rings. The number of nitrogens with one attached hydrogen (secondary N) is 4. The molecule has 1 aromatic heterocycles. The molecule has 0 bridgehead atoms. The van der Waals surface area contributed by atoms with E-state index in [1.165, 1.54) is 31.1 Å². The fraction of sp³-hybridized carbons (Fsp3) is 0.647. The lowest BCUT2D eigenvalue weighted by Crippen LogP contribution is -2.45. The minimum atomic E-state index is -0.0534. The molecule has 6 nitrogen and oxygen atoms in total. The zero-order valence-electron chi connectivity index (χ0n) is 27.8. The van der Waals surface area contributed by atoms with Crippen LogP contribution in [0.1, 0.15) is 112 Å². The van der Waals surface area contributed by atoms with Crippen molar-refractivity contribution < 1.29 is 4.74 Å². The van der Waals surface area contributed by atoms with Gasteiger partial charge in [-0.25, -0.2) is 4.98 Å². The standard InChI is InChI=1S/C29H47N5O.2C2H6.CH4S/c1-5-8-11-18-31-26(7-3)16-19-32-28-22-34-29-27(35-28)20-25(21-33-29)24(12-6-2)14-10-9-13-23(4)15-17-30;3*1-2/h9,13-15,17,20-21,26,28,30-32H,5-8,10-12,16,18-19,22H2,1-4H3,(H,33,34);2*1-2H3;2H,1H3/b13-9-,23-15+,24-14+,30-17?;;;. The smallest absolute Gasteiger partial charge is 0.169 e. The molecule has 236 valence electrons. The van der Waals surface area contributed by atoms with Crippen LogP contribution in [0.4, 0.5) is 5.82 Å². The maximum atomic E-state index is 7.16. The van der Waals surface area contributed by atoms with Crippen LogP contribution in [0.2, 0.25) is 0 Å². The van der Waals surface area contributed by atoms with E-state index < -0.39 is 0 Å². The normalized spacial score (nSPS) is 15.0. The van der Waals surface area contributed by atoms with Crippen LogP contribution >= 0.6 is 12.6 Å². The molecule has 0 amide bonds. The molecular weight excluding hydrogens is 526 g/mol. The maximum Gasteiger partial charge on any atom is 0.169 e. The fourth-order valence-corrected chi connectivity index (χ4v) is 4.18. The molecule has 0 aromatic carbocycles. The molecule has 4 N–H and O–H groups in total. The maximum absolute atomic E-state index is 7.16. The van der Waals surface area contributed by atoms with Gasteiger partial charge >= 0.3 is 0 Å². The van der Waals surface area contributed by atoms with Crippen LogP contribution in [0.3, 0.4) is 0 Å². The number of unbranched alkanes of at least 4 members (excludes halogenated alkanes) is 2. The van der Waals surface area contributed by atoms with E-state index in [0.29, 0.717) is 12.6 Å². The first-order chi connectivity index (χ1) is 20.1. The van der Waals surface area contributed by atoms with E-state index in [9.17, 15) is 0 Å². The van der Waals surface area contributed by atoms with Crippen LogP contribution in [0.15, 0.2) is 42.1 Å². The van der Waals surface area contributed by atoms with E-state index in [0.717, 1.165) is 67.9 Å². The molecule has 7 heteroatoms. The van der Waals surface area contributed by atoms with Crippen LogP contribution in [0, 0.1) is 5.41 Å². The summed E-state index contributed by atoms with van der Waals surface area (Å²) in [6, 6.07) is 2.68. The largest absolute Gasteiger partial charge is 0.470 e. The van der Waals surface area contributed by atoms with Crippen LogP contribution < -0.4 is 20.7 Å². The number of fused-ring (bicyclic) bond motifs is 1. The quantitative estimate of drug-likeness (QED) is 0.0542. The molecule has 1 aliphatic heterocycles. The first-order valence-electron chi connectivity index (χ1n) is 16.0. The summed E-state index contributed by atoms with van der Waals surface area (Å²) >= 11 is 3.53. The number of thiol groups is 1. The van der Waals surface area contributed by atoms with Gasteiger partial charge in [-0.05, 0) is 80.7 Å². The van der Waals surface area contributed by atoms with Crippen molar-refractivity contribution >= 4 is 30.2 Å². The van der Waals surface area contributed by atoms with Crippen molar-refractivity contribution in [2.75, 3.05) is 31.2 Å². The molecule has 2 atom stereocenters. The average molecular weight is 590 g/mol. The minimum Gasteiger partial charge on any atom is -0.470 e. The van der Waals surface area contributed by atoms with Crippen LogP contribution in [0.25, 0.3) is 5.57 Å². The zero-order valence-corrected chi connectivity index (χ0v) is 28.7. The van der Waals surface area contributed by atoms with Gasteiger partial charge in [-0.1, -0.05) is 86.0 Å². The van der Waals surface area contributed by atoms with Crippen molar-refractivity contribution in [1.29, 1.82) is 5.41 Å². The summed E-state index contributed by atoms with van der Waals surface area (Å²) in [5.41, 5.74) is 3.49. The Balaban J connectivity index is 0. The van der Waals surface area contributed by atoms with Crippen molar-refractivity contribution in [3.05, 3.63) is 47.7 Å². The number of ether oxygens (including phenoxy) is 1. The van der Waals surface area contributed by atoms with Gasteiger partial charge in [0.05, 0.1) is 6.54 Å². The molecule has 0 saturated heterocycles. The van der Waals surface area contributed by atoms with E-state index in [1.54, 1.807) is 12.3 Å². The summed E-state index contributed by atoms with van der Waals surface area (Å²) < 4.78 is 6.29. The average Bonchev–Trinajstić information content (AvgIpc) is 3.02. The van der Waals surface area contributed by atoms with E-state index in [1.807, 2.05) is 40.8 Å². The van der Waals surface area contributed by atoms with Gasteiger partial charge in [0.1, 0.15) is 0 Å².